The maximum Gasteiger partial charge on any atom is 0.233 e. The molecule has 1 aliphatic rings. The van der Waals surface area contributed by atoms with Crippen molar-refractivity contribution >= 4 is 28.8 Å². The summed E-state index contributed by atoms with van der Waals surface area (Å²) in [5, 5.41) is 22.3. The van der Waals surface area contributed by atoms with Crippen LogP contribution in [0, 0.1) is 0 Å². The summed E-state index contributed by atoms with van der Waals surface area (Å²) in [5.74, 6) is 0.327. The number of halogens is 1. The maximum absolute atomic E-state index is 15.3. The van der Waals surface area contributed by atoms with Gasteiger partial charge in [-0.05, 0) is 13.3 Å². The normalized spacial score (nSPS) is 25.8. The zero-order valence-corrected chi connectivity index (χ0v) is 18.4. The highest BCUT2D eigenvalue weighted by Crippen LogP contribution is 2.42. The lowest BCUT2D eigenvalue weighted by Gasteiger charge is -2.24. The molecule has 0 aliphatic carbocycles. The number of anilines is 2. The van der Waals surface area contributed by atoms with E-state index in [1.165, 1.54) is 17.8 Å². The molecule has 0 radical (unpaired) electrons. The first-order valence-corrected chi connectivity index (χ1v) is 10.6. The van der Waals surface area contributed by atoms with E-state index in [1.54, 1.807) is 19.0 Å². The van der Waals surface area contributed by atoms with Crippen LogP contribution >= 0.6 is 0 Å². The number of ether oxygens (including phenoxy) is 1. The minimum absolute atomic E-state index is 0.0799. The smallest absolute Gasteiger partial charge is 0.233 e. The fourth-order valence-corrected chi connectivity index (χ4v) is 3.70. The summed E-state index contributed by atoms with van der Waals surface area (Å²) in [6.45, 7) is 2.78. The third-order valence-electron chi connectivity index (χ3n) is 5.48. The van der Waals surface area contributed by atoms with Crippen LogP contribution in [0.3, 0.4) is 0 Å². The summed E-state index contributed by atoms with van der Waals surface area (Å²) in [6.07, 6.45) is 1.77. The molecular weight excluding hydrogens is 407 g/mol. The van der Waals surface area contributed by atoms with Crippen LogP contribution in [-0.2, 0) is 9.53 Å². The van der Waals surface area contributed by atoms with Gasteiger partial charge in [0, 0.05) is 20.5 Å². The Morgan fingerprint density at radius 2 is 2.10 bits per heavy atom. The number of aliphatic hydroxyl groups excluding tert-OH is 2. The van der Waals surface area contributed by atoms with Gasteiger partial charge in [-0.25, -0.2) is 9.37 Å². The zero-order valence-electron chi connectivity index (χ0n) is 18.4. The zero-order chi connectivity index (χ0) is 22.8. The van der Waals surface area contributed by atoms with Gasteiger partial charge in [0.2, 0.25) is 11.9 Å². The molecule has 0 bridgehead atoms. The molecule has 0 unspecified atom stereocenters. The molecule has 1 aliphatic heterocycles. The largest absolute Gasteiger partial charge is 0.394 e. The number of rotatable bonds is 9. The Labute approximate surface area is 180 Å². The second-order valence-electron chi connectivity index (χ2n) is 8.25. The molecule has 2 aromatic heterocycles. The fraction of sp³-hybridized carbons (Fsp3) is 0.700. The van der Waals surface area contributed by atoms with Crippen molar-refractivity contribution in [3.63, 3.8) is 0 Å². The van der Waals surface area contributed by atoms with E-state index in [-0.39, 0.29) is 17.5 Å². The lowest BCUT2D eigenvalue weighted by molar-refractivity contribution is -0.116. The molecule has 1 fully saturated rings. The molecule has 4 atom stereocenters. The van der Waals surface area contributed by atoms with Crippen molar-refractivity contribution in [1.82, 2.24) is 19.5 Å². The maximum atomic E-state index is 15.3. The van der Waals surface area contributed by atoms with E-state index in [9.17, 15) is 15.0 Å². The van der Waals surface area contributed by atoms with Gasteiger partial charge < -0.3 is 19.8 Å². The lowest BCUT2D eigenvalue weighted by Crippen LogP contribution is -2.40. The standard InChI is InChI=1S/C20H31FN6O4/c1-5-6-7-8-9-13(29)23-19-24-16(26(3)4)14-17(25-19)27(11-22-14)18-20(2,21)15(30)12(10-28)31-18/h11-12,15,18,28,30H,5-10H2,1-4H3,(H,23,24,25,29)/t12-,15-,18-,20-/m1/s1. The van der Waals surface area contributed by atoms with E-state index in [4.69, 9.17) is 4.74 Å². The van der Waals surface area contributed by atoms with Gasteiger partial charge >= 0.3 is 0 Å². The minimum Gasteiger partial charge on any atom is -0.394 e. The van der Waals surface area contributed by atoms with Crippen molar-refractivity contribution in [3.8, 4) is 0 Å². The number of unbranched alkanes of at least 4 members (excludes halogenated alkanes) is 3. The summed E-state index contributed by atoms with van der Waals surface area (Å²) in [7, 11) is 3.54. The highest BCUT2D eigenvalue weighted by molar-refractivity contribution is 5.91. The average molecular weight is 439 g/mol. The molecular formula is C20H31FN6O4. The van der Waals surface area contributed by atoms with Crippen LogP contribution in [0.15, 0.2) is 6.33 Å². The predicted molar refractivity (Wildman–Crippen MR) is 114 cm³/mol. The molecule has 31 heavy (non-hydrogen) atoms. The summed E-state index contributed by atoms with van der Waals surface area (Å²) in [5.41, 5.74) is -1.54. The topological polar surface area (TPSA) is 126 Å². The van der Waals surface area contributed by atoms with Gasteiger partial charge in [-0.2, -0.15) is 9.97 Å². The number of carbonyl (C=O) groups is 1. The van der Waals surface area contributed by atoms with Gasteiger partial charge in [0.15, 0.2) is 28.9 Å². The van der Waals surface area contributed by atoms with Crippen molar-refractivity contribution < 1.29 is 24.1 Å². The number of nitrogens with one attached hydrogen (secondary N) is 1. The van der Waals surface area contributed by atoms with Gasteiger partial charge in [0.25, 0.3) is 0 Å². The van der Waals surface area contributed by atoms with Crippen LogP contribution in [-0.4, -0.2) is 74.2 Å². The third kappa shape index (κ3) is 4.63. The van der Waals surface area contributed by atoms with Crippen LogP contribution < -0.4 is 10.2 Å². The minimum atomic E-state index is -2.19. The highest BCUT2D eigenvalue weighted by atomic mass is 19.1. The Kier molecular flexibility index (Phi) is 7.07. The van der Waals surface area contributed by atoms with Crippen molar-refractivity contribution in [2.75, 3.05) is 30.9 Å². The van der Waals surface area contributed by atoms with E-state index in [0.717, 1.165) is 25.7 Å². The quantitative estimate of drug-likeness (QED) is 0.506. The van der Waals surface area contributed by atoms with Crippen molar-refractivity contribution in [2.45, 2.75) is 70.1 Å². The van der Waals surface area contributed by atoms with Gasteiger partial charge in [0.1, 0.15) is 12.2 Å². The number of amides is 1. The van der Waals surface area contributed by atoms with Crippen molar-refractivity contribution in [3.05, 3.63) is 6.33 Å². The first kappa shape index (κ1) is 23.3. The number of hydrogen-bond acceptors (Lipinski definition) is 8. The van der Waals surface area contributed by atoms with E-state index in [1.807, 2.05) is 0 Å². The van der Waals surface area contributed by atoms with E-state index in [2.05, 4.69) is 27.2 Å². The summed E-state index contributed by atoms with van der Waals surface area (Å²) >= 11 is 0. The molecule has 0 aromatic carbocycles. The number of fused-ring (bicyclic) bond motifs is 1. The predicted octanol–water partition coefficient (Wildman–Crippen LogP) is 1.78. The summed E-state index contributed by atoms with van der Waals surface area (Å²) in [6, 6.07) is 0. The summed E-state index contributed by atoms with van der Waals surface area (Å²) in [4.78, 5) is 27.1. The van der Waals surface area contributed by atoms with Crippen LogP contribution in [0.25, 0.3) is 11.2 Å². The van der Waals surface area contributed by atoms with Gasteiger partial charge in [-0.3, -0.25) is 14.7 Å². The van der Waals surface area contributed by atoms with Gasteiger partial charge in [-0.1, -0.05) is 26.2 Å². The molecule has 0 saturated carbocycles. The molecule has 3 N–H and O–H groups in total. The molecule has 3 heterocycles. The highest BCUT2D eigenvalue weighted by Gasteiger charge is 2.55. The molecule has 10 nitrogen and oxygen atoms in total. The van der Waals surface area contributed by atoms with E-state index < -0.39 is 30.7 Å². The van der Waals surface area contributed by atoms with Gasteiger partial charge in [-0.15, -0.1) is 0 Å². The van der Waals surface area contributed by atoms with Crippen LogP contribution in [0.5, 0.6) is 0 Å². The molecule has 2 aromatic rings. The van der Waals surface area contributed by atoms with Crippen molar-refractivity contribution in [1.29, 1.82) is 0 Å². The molecule has 1 amide bonds. The molecule has 1 saturated heterocycles. The van der Waals surface area contributed by atoms with E-state index in [0.29, 0.717) is 17.8 Å². The number of carbonyl (C=O) groups excluding carboxylic acids is 1. The van der Waals surface area contributed by atoms with E-state index >= 15 is 4.39 Å². The third-order valence-corrected chi connectivity index (χ3v) is 5.48. The fourth-order valence-electron chi connectivity index (χ4n) is 3.70. The Morgan fingerprint density at radius 3 is 2.71 bits per heavy atom. The van der Waals surface area contributed by atoms with Crippen molar-refractivity contribution in [2.24, 2.45) is 0 Å². The average Bonchev–Trinajstić information content (AvgIpc) is 3.23. The Morgan fingerprint density at radius 1 is 1.35 bits per heavy atom. The first-order valence-electron chi connectivity index (χ1n) is 10.6. The Balaban J connectivity index is 1.94. The molecule has 3 rings (SSSR count). The number of nitrogens with zero attached hydrogens (tertiary/aromatic N) is 5. The number of aromatic nitrogens is 4. The van der Waals surface area contributed by atoms with Crippen LogP contribution in [0.1, 0.15) is 52.2 Å². The Bertz CT molecular complexity index is 918. The first-order chi connectivity index (χ1) is 14.7. The van der Waals surface area contributed by atoms with Gasteiger partial charge in [0.05, 0.1) is 12.9 Å². The monoisotopic (exact) mass is 438 g/mol. The number of imidazole rings is 1. The SMILES string of the molecule is CCCCCCC(=O)Nc1nc(N(C)C)c2ncn([C@@H]3O[C@H](CO)[C@@H](O)[C@@]3(C)F)c2n1. The molecule has 11 heteroatoms. The molecule has 172 valence electrons. The lowest BCUT2D eigenvalue weighted by atomic mass is 9.98. The number of hydrogen-bond donors (Lipinski definition) is 3. The number of alkyl halides is 1. The second-order valence-corrected chi connectivity index (χ2v) is 8.25. The Hall–Kier alpha value is -2.37. The van der Waals surface area contributed by atoms with Crippen LogP contribution in [0.4, 0.5) is 16.2 Å². The van der Waals surface area contributed by atoms with Crippen LogP contribution in [0.2, 0.25) is 0 Å². The number of aliphatic hydroxyl groups is 2. The molecule has 0 spiro atoms. The second kappa shape index (κ2) is 9.41. The summed E-state index contributed by atoms with van der Waals surface area (Å²) < 4.78 is 22.2.